The molecule has 120 valence electrons. The topological polar surface area (TPSA) is 6.48 Å². The van der Waals surface area contributed by atoms with Crippen molar-refractivity contribution in [3.8, 4) is 0 Å². The van der Waals surface area contributed by atoms with Gasteiger partial charge in [-0.3, -0.25) is 0 Å². The van der Waals surface area contributed by atoms with Gasteiger partial charge in [0.2, 0.25) is 0 Å². The maximum Gasteiger partial charge on any atom is 0.123 e. The fourth-order valence-electron chi connectivity index (χ4n) is 4.06. The Morgan fingerprint density at radius 3 is 2.52 bits per heavy atom. The third-order valence-corrected chi connectivity index (χ3v) is 5.19. The average molecular weight is 314 g/mol. The van der Waals surface area contributed by atoms with E-state index < -0.39 is 0 Å². The Hall–Kier alpha value is -1.94. The minimum absolute atomic E-state index is 0.183. The molecule has 2 aromatic rings. The zero-order valence-electron chi connectivity index (χ0n) is 13.2. The number of rotatable bonds is 2. The SMILES string of the molecule is CCN1CC[C@@H]2[C@@H](C1)c1cc(F)ccc1N2c1ccc(F)cc1. The van der Waals surface area contributed by atoms with E-state index in [1.165, 1.54) is 18.2 Å². The zero-order chi connectivity index (χ0) is 16.0. The van der Waals surface area contributed by atoms with Gasteiger partial charge in [-0.15, -0.1) is 0 Å². The monoisotopic (exact) mass is 314 g/mol. The third kappa shape index (κ3) is 2.41. The van der Waals surface area contributed by atoms with Crippen molar-refractivity contribution in [1.82, 2.24) is 4.90 Å². The third-order valence-electron chi connectivity index (χ3n) is 5.19. The lowest BCUT2D eigenvalue weighted by Crippen LogP contribution is -2.44. The zero-order valence-corrected chi connectivity index (χ0v) is 13.2. The molecular formula is C19H20F2N2. The smallest absolute Gasteiger partial charge is 0.123 e. The number of likely N-dealkylation sites (N-methyl/N-ethyl adjacent to an activating group) is 1. The Labute approximate surface area is 135 Å². The Bertz CT molecular complexity index is 714. The quantitative estimate of drug-likeness (QED) is 0.816. The Kier molecular flexibility index (Phi) is 3.57. The lowest BCUT2D eigenvalue weighted by atomic mass is 9.89. The predicted molar refractivity (Wildman–Crippen MR) is 88.2 cm³/mol. The molecule has 0 amide bonds. The molecule has 0 radical (unpaired) electrons. The Morgan fingerprint density at radius 2 is 1.78 bits per heavy atom. The molecule has 2 atom stereocenters. The number of fused-ring (bicyclic) bond motifs is 3. The van der Waals surface area contributed by atoms with Gasteiger partial charge in [-0.25, -0.2) is 8.78 Å². The first-order valence-corrected chi connectivity index (χ1v) is 8.24. The molecule has 1 saturated heterocycles. The number of halogens is 2. The fourth-order valence-corrected chi connectivity index (χ4v) is 4.06. The van der Waals surface area contributed by atoms with Crippen molar-refractivity contribution in [2.75, 3.05) is 24.5 Å². The molecule has 23 heavy (non-hydrogen) atoms. The summed E-state index contributed by atoms with van der Waals surface area (Å²) in [6, 6.07) is 12.0. The molecule has 2 aliphatic heterocycles. The molecule has 0 unspecified atom stereocenters. The lowest BCUT2D eigenvalue weighted by molar-refractivity contribution is 0.206. The molecule has 0 spiro atoms. The van der Waals surface area contributed by atoms with Crippen molar-refractivity contribution in [3.05, 3.63) is 59.7 Å². The van der Waals surface area contributed by atoms with Crippen LogP contribution < -0.4 is 4.90 Å². The van der Waals surface area contributed by atoms with Gasteiger partial charge in [0.1, 0.15) is 11.6 Å². The maximum atomic E-state index is 13.8. The first-order chi connectivity index (χ1) is 11.2. The Balaban J connectivity index is 1.79. The van der Waals surface area contributed by atoms with E-state index in [9.17, 15) is 8.78 Å². The summed E-state index contributed by atoms with van der Waals surface area (Å²) in [7, 11) is 0. The normalized spacial score (nSPS) is 23.7. The van der Waals surface area contributed by atoms with Crippen LogP contribution in [0.4, 0.5) is 20.2 Å². The number of anilines is 2. The number of hydrogen-bond acceptors (Lipinski definition) is 2. The molecule has 2 aromatic carbocycles. The van der Waals surface area contributed by atoms with E-state index in [4.69, 9.17) is 0 Å². The van der Waals surface area contributed by atoms with E-state index in [2.05, 4.69) is 16.7 Å². The van der Waals surface area contributed by atoms with Gasteiger partial charge in [-0.05, 0) is 61.0 Å². The molecule has 0 aliphatic carbocycles. The Morgan fingerprint density at radius 1 is 1.04 bits per heavy atom. The highest BCUT2D eigenvalue weighted by molar-refractivity contribution is 5.73. The van der Waals surface area contributed by atoms with Gasteiger partial charge in [-0.1, -0.05) is 6.92 Å². The van der Waals surface area contributed by atoms with Crippen LogP contribution in [-0.2, 0) is 0 Å². The molecule has 0 saturated carbocycles. The van der Waals surface area contributed by atoms with Gasteiger partial charge in [0.25, 0.3) is 0 Å². The van der Waals surface area contributed by atoms with E-state index in [0.29, 0.717) is 12.0 Å². The summed E-state index contributed by atoms with van der Waals surface area (Å²) in [5, 5.41) is 0. The van der Waals surface area contributed by atoms with Crippen LogP contribution in [0.1, 0.15) is 24.8 Å². The van der Waals surface area contributed by atoms with Gasteiger partial charge < -0.3 is 9.80 Å². The first kappa shape index (κ1) is 14.6. The van der Waals surface area contributed by atoms with Crippen molar-refractivity contribution in [1.29, 1.82) is 0 Å². The van der Waals surface area contributed by atoms with E-state index in [-0.39, 0.29) is 11.6 Å². The van der Waals surface area contributed by atoms with E-state index in [1.54, 1.807) is 6.07 Å². The summed E-state index contributed by atoms with van der Waals surface area (Å²) in [4.78, 5) is 4.69. The summed E-state index contributed by atoms with van der Waals surface area (Å²) in [6.45, 7) is 5.19. The highest BCUT2D eigenvalue weighted by Gasteiger charge is 2.42. The molecule has 4 rings (SSSR count). The minimum Gasteiger partial charge on any atom is -0.337 e. The number of likely N-dealkylation sites (tertiary alicyclic amines) is 1. The van der Waals surface area contributed by atoms with Crippen LogP contribution in [0.3, 0.4) is 0 Å². The molecule has 0 aromatic heterocycles. The van der Waals surface area contributed by atoms with Crippen LogP contribution >= 0.6 is 0 Å². The maximum absolute atomic E-state index is 13.8. The highest BCUT2D eigenvalue weighted by Crippen LogP contribution is 2.48. The van der Waals surface area contributed by atoms with Gasteiger partial charge in [0, 0.05) is 36.4 Å². The fraction of sp³-hybridized carbons (Fsp3) is 0.368. The van der Waals surface area contributed by atoms with Crippen LogP contribution in [0, 0.1) is 11.6 Å². The predicted octanol–water partition coefficient (Wildman–Crippen LogP) is 4.29. The van der Waals surface area contributed by atoms with E-state index in [1.807, 2.05) is 18.2 Å². The first-order valence-electron chi connectivity index (χ1n) is 8.24. The summed E-state index contributed by atoms with van der Waals surface area (Å²) >= 11 is 0. The van der Waals surface area contributed by atoms with Crippen molar-refractivity contribution in [3.63, 3.8) is 0 Å². The summed E-state index contributed by atoms with van der Waals surface area (Å²) in [5.41, 5.74) is 3.13. The van der Waals surface area contributed by atoms with Crippen molar-refractivity contribution in [2.24, 2.45) is 0 Å². The second-order valence-corrected chi connectivity index (χ2v) is 6.41. The molecular weight excluding hydrogens is 294 g/mol. The van der Waals surface area contributed by atoms with Crippen molar-refractivity contribution >= 4 is 11.4 Å². The van der Waals surface area contributed by atoms with Gasteiger partial charge in [-0.2, -0.15) is 0 Å². The van der Waals surface area contributed by atoms with Gasteiger partial charge in [0.05, 0.1) is 0 Å². The summed E-state index contributed by atoms with van der Waals surface area (Å²) in [6.07, 6.45) is 1.03. The van der Waals surface area contributed by atoms with Crippen LogP contribution in [0.25, 0.3) is 0 Å². The van der Waals surface area contributed by atoms with Crippen LogP contribution in [0.2, 0.25) is 0 Å². The molecule has 2 heterocycles. The van der Waals surface area contributed by atoms with E-state index in [0.717, 1.165) is 43.0 Å². The van der Waals surface area contributed by atoms with Crippen LogP contribution in [0.5, 0.6) is 0 Å². The number of piperidine rings is 1. The average Bonchev–Trinajstić information content (AvgIpc) is 2.88. The largest absolute Gasteiger partial charge is 0.337 e. The number of hydrogen-bond donors (Lipinski definition) is 0. The number of benzene rings is 2. The molecule has 2 nitrogen and oxygen atoms in total. The minimum atomic E-state index is -0.232. The standard InChI is InChI=1S/C19H20F2N2/c1-2-22-10-9-19-17(12-22)16-11-14(21)5-8-18(16)23(19)15-6-3-13(20)4-7-15/h3-8,11,17,19H,2,9-10,12H2,1H3/t17-,19+/m0/s1. The molecule has 4 heteroatoms. The highest BCUT2D eigenvalue weighted by atomic mass is 19.1. The van der Waals surface area contributed by atoms with Crippen molar-refractivity contribution in [2.45, 2.75) is 25.3 Å². The van der Waals surface area contributed by atoms with Crippen LogP contribution in [-0.4, -0.2) is 30.6 Å². The van der Waals surface area contributed by atoms with E-state index >= 15 is 0 Å². The van der Waals surface area contributed by atoms with Crippen molar-refractivity contribution < 1.29 is 8.78 Å². The molecule has 0 N–H and O–H groups in total. The van der Waals surface area contributed by atoms with Gasteiger partial charge in [0.15, 0.2) is 0 Å². The van der Waals surface area contributed by atoms with Crippen LogP contribution in [0.15, 0.2) is 42.5 Å². The summed E-state index contributed by atoms with van der Waals surface area (Å²) < 4.78 is 27.1. The lowest BCUT2D eigenvalue weighted by Gasteiger charge is -2.38. The molecule has 2 aliphatic rings. The summed E-state index contributed by atoms with van der Waals surface area (Å²) in [5.74, 6) is -0.110. The van der Waals surface area contributed by atoms with Gasteiger partial charge >= 0.3 is 0 Å². The second-order valence-electron chi connectivity index (χ2n) is 6.41. The molecule has 0 bridgehead atoms. The molecule has 1 fully saturated rings. The second kappa shape index (κ2) is 5.60. The number of nitrogens with zero attached hydrogens (tertiary/aromatic N) is 2.